The molecule has 0 radical (unpaired) electrons. The standard InChI is InChI=1S/C11H19ClN2O2/c1-6-4-5-9(7(6)2)13-11(16)14-10(15)8(3)12/h6-9H,4-5H2,1-3H3,(H2,13,14,15,16). The van der Waals surface area contributed by atoms with Crippen LogP contribution in [0.4, 0.5) is 4.79 Å². The lowest BCUT2D eigenvalue weighted by molar-refractivity contribution is -0.119. The van der Waals surface area contributed by atoms with Gasteiger partial charge in [-0.15, -0.1) is 11.6 Å². The van der Waals surface area contributed by atoms with E-state index in [1.165, 1.54) is 6.92 Å². The zero-order valence-corrected chi connectivity index (χ0v) is 10.7. The van der Waals surface area contributed by atoms with Crippen molar-refractivity contribution in [3.63, 3.8) is 0 Å². The molecule has 3 amide bonds. The zero-order valence-electron chi connectivity index (χ0n) is 9.92. The number of carbonyl (C=O) groups excluding carboxylic acids is 2. The Bertz CT molecular complexity index is 281. The highest BCUT2D eigenvalue weighted by Crippen LogP contribution is 2.30. The highest BCUT2D eigenvalue weighted by atomic mass is 35.5. The van der Waals surface area contributed by atoms with Gasteiger partial charge in [-0.05, 0) is 31.6 Å². The lowest BCUT2D eigenvalue weighted by atomic mass is 9.98. The fourth-order valence-corrected chi connectivity index (χ4v) is 2.04. The summed E-state index contributed by atoms with van der Waals surface area (Å²) < 4.78 is 0. The van der Waals surface area contributed by atoms with E-state index in [4.69, 9.17) is 11.6 Å². The van der Waals surface area contributed by atoms with Crippen molar-refractivity contribution in [3.8, 4) is 0 Å². The minimum Gasteiger partial charge on any atom is -0.335 e. The Morgan fingerprint density at radius 1 is 1.31 bits per heavy atom. The number of rotatable bonds is 2. The molecule has 4 atom stereocenters. The van der Waals surface area contributed by atoms with E-state index in [1.54, 1.807) is 0 Å². The van der Waals surface area contributed by atoms with Gasteiger partial charge in [-0.2, -0.15) is 0 Å². The van der Waals surface area contributed by atoms with Crippen LogP contribution in [0.25, 0.3) is 0 Å². The molecule has 0 bridgehead atoms. The van der Waals surface area contributed by atoms with Gasteiger partial charge in [-0.3, -0.25) is 10.1 Å². The Balaban J connectivity index is 2.38. The molecule has 1 rings (SSSR count). The molecule has 0 aliphatic heterocycles. The molecule has 0 aromatic heterocycles. The number of carbonyl (C=O) groups is 2. The first-order chi connectivity index (χ1) is 7.41. The van der Waals surface area contributed by atoms with E-state index in [-0.39, 0.29) is 6.04 Å². The van der Waals surface area contributed by atoms with Gasteiger partial charge in [0, 0.05) is 6.04 Å². The van der Waals surface area contributed by atoms with E-state index in [0.29, 0.717) is 11.8 Å². The third kappa shape index (κ3) is 3.37. The maximum absolute atomic E-state index is 11.5. The summed E-state index contributed by atoms with van der Waals surface area (Å²) in [6, 6.07) is -0.281. The van der Waals surface area contributed by atoms with E-state index in [0.717, 1.165) is 12.8 Å². The summed E-state index contributed by atoms with van der Waals surface area (Å²) in [4.78, 5) is 22.6. The maximum Gasteiger partial charge on any atom is 0.321 e. The van der Waals surface area contributed by atoms with Crippen LogP contribution >= 0.6 is 11.6 Å². The largest absolute Gasteiger partial charge is 0.335 e. The molecular weight excluding hydrogens is 228 g/mol. The molecule has 1 saturated carbocycles. The third-order valence-electron chi connectivity index (χ3n) is 3.38. The lowest BCUT2D eigenvalue weighted by Crippen LogP contribution is -2.47. The van der Waals surface area contributed by atoms with Crippen molar-refractivity contribution in [1.82, 2.24) is 10.6 Å². The Labute approximate surface area is 101 Å². The summed E-state index contributed by atoms with van der Waals surface area (Å²) in [5.74, 6) is 0.611. The van der Waals surface area contributed by atoms with Crippen molar-refractivity contribution in [2.24, 2.45) is 11.8 Å². The third-order valence-corrected chi connectivity index (χ3v) is 3.58. The van der Waals surface area contributed by atoms with E-state index in [2.05, 4.69) is 24.5 Å². The number of halogens is 1. The normalized spacial score (nSPS) is 30.9. The second-order valence-corrected chi connectivity index (χ2v) is 5.25. The molecule has 1 fully saturated rings. The molecule has 1 aliphatic carbocycles. The Morgan fingerprint density at radius 2 is 1.94 bits per heavy atom. The first-order valence-corrected chi connectivity index (χ1v) is 6.11. The second kappa shape index (κ2) is 5.53. The first-order valence-electron chi connectivity index (χ1n) is 5.67. The summed E-state index contributed by atoms with van der Waals surface area (Å²) in [5, 5.41) is 4.35. The summed E-state index contributed by atoms with van der Waals surface area (Å²) in [6.45, 7) is 5.83. The van der Waals surface area contributed by atoms with Crippen LogP contribution in [0, 0.1) is 11.8 Å². The van der Waals surface area contributed by atoms with Crippen molar-refractivity contribution >= 4 is 23.5 Å². The summed E-state index contributed by atoms with van der Waals surface area (Å²) in [7, 11) is 0. The van der Waals surface area contributed by atoms with Gasteiger partial charge in [-0.25, -0.2) is 4.79 Å². The monoisotopic (exact) mass is 246 g/mol. The summed E-state index contributed by atoms with van der Waals surface area (Å²) in [5.41, 5.74) is 0. The number of urea groups is 1. The van der Waals surface area contributed by atoms with Gasteiger partial charge in [0.2, 0.25) is 5.91 Å². The molecule has 16 heavy (non-hydrogen) atoms. The van der Waals surface area contributed by atoms with Gasteiger partial charge in [0.15, 0.2) is 0 Å². The number of nitrogens with one attached hydrogen (secondary N) is 2. The first kappa shape index (κ1) is 13.3. The van der Waals surface area contributed by atoms with Gasteiger partial charge in [0.05, 0.1) is 0 Å². The van der Waals surface area contributed by atoms with Crippen molar-refractivity contribution in [2.75, 3.05) is 0 Å². The fourth-order valence-electron chi connectivity index (χ4n) is 1.98. The smallest absolute Gasteiger partial charge is 0.321 e. The van der Waals surface area contributed by atoms with E-state index in [1.807, 2.05) is 0 Å². The average molecular weight is 247 g/mol. The minimum absolute atomic E-state index is 0.161. The van der Waals surface area contributed by atoms with Crippen molar-refractivity contribution < 1.29 is 9.59 Å². The molecule has 4 nitrogen and oxygen atoms in total. The van der Waals surface area contributed by atoms with E-state index >= 15 is 0 Å². The minimum atomic E-state index is -0.689. The Morgan fingerprint density at radius 3 is 2.38 bits per heavy atom. The molecule has 0 aromatic carbocycles. The molecule has 0 spiro atoms. The van der Waals surface area contributed by atoms with Crippen LogP contribution in [-0.2, 0) is 4.79 Å². The highest BCUT2D eigenvalue weighted by Gasteiger charge is 2.31. The van der Waals surface area contributed by atoms with Crippen LogP contribution in [0.5, 0.6) is 0 Å². The lowest BCUT2D eigenvalue weighted by Gasteiger charge is -2.19. The van der Waals surface area contributed by atoms with E-state index < -0.39 is 17.3 Å². The number of hydrogen-bond donors (Lipinski definition) is 2. The Kier molecular flexibility index (Phi) is 4.59. The molecule has 5 heteroatoms. The van der Waals surface area contributed by atoms with E-state index in [9.17, 15) is 9.59 Å². The van der Waals surface area contributed by atoms with Crippen molar-refractivity contribution in [3.05, 3.63) is 0 Å². The highest BCUT2D eigenvalue weighted by molar-refractivity contribution is 6.31. The number of hydrogen-bond acceptors (Lipinski definition) is 2. The van der Waals surface area contributed by atoms with Crippen LogP contribution in [0.3, 0.4) is 0 Å². The van der Waals surface area contributed by atoms with Crippen LogP contribution in [0.1, 0.15) is 33.6 Å². The predicted octanol–water partition coefficient (Wildman–Crippen LogP) is 1.87. The van der Waals surface area contributed by atoms with Gasteiger partial charge in [-0.1, -0.05) is 13.8 Å². The van der Waals surface area contributed by atoms with Crippen molar-refractivity contribution in [1.29, 1.82) is 0 Å². The summed E-state index contributed by atoms with van der Waals surface area (Å²) in [6.07, 6.45) is 2.09. The quantitative estimate of drug-likeness (QED) is 0.731. The Hall–Kier alpha value is -0.770. The second-order valence-electron chi connectivity index (χ2n) is 4.60. The van der Waals surface area contributed by atoms with Crippen LogP contribution in [0.2, 0.25) is 0 Å². The van der Waals surface area contributed by atoms with Gasteiger partial charge < -0.3 is 5.32 Å². The topological polar surface area (TPSA) is 58.2 Å². The van der Waals surface area contributed by atoms with Crippen molar-refractivity contribution in [2.45, 2.75) is 45.0 Å². The predicted molar refractivity (Wildman–Crippen MR) is 63.3 cm³/mol. The van der Waals surface area contributed by atoms with Gasteiger partial charge in [0.25, 0.3) is 0 Å². The van der Waals surface area contributed by atoms with Crippen LogP contribution in [0.15, 0.2) is 0 Å². The molecular formula is C11H19ClN2O2. The molecule has 0 heterocycles. The van der Waals surface area contributed by atoms with Gasteiger partial charge >= 0.3 is 6.03 Å². The number of amides is 3. The average Bonchev–Trinajstić information content (AvgIpc) is 2.49. The number of alkyl halides is 1. The van der Waals surface area contributed by atoms with Crippen LogP contribution in [-0.4, -0.2) is 23.4 Å². The SMILES string of the molecule is CC(Cl)C(=O)NC(=O)NC1CCC(C)C1C. The molecule has 2 N–H and O–H groups in total. The molecule has 1 aliphatic rings. The zero-order chi connectivity index (χ0) is 12.3. The number of imide groups is 1. The maximum atomic E-state index is 11.5. The molecule has 4 unspecified atom stereocenters. The van der Waals surface area contributed by atoms with Crippen LogP contribution < -0.4 is 10.6 Å². The van der Waals surface area contributed by atoms with Gasteiger partial charge in [0.1, 0.15) is 5.38 Å². The fraction of sp³-hybridized carbons (Fsp3) is 0.818. The molecule has 92 valence electrons. The summed E-state index contributed by atoms with van der Waals surface area (Å²) >= 11 is 5.55. The molecule has 0 saturated heterocycles. The molecule has 0 aromatic rings.